The molecule has 4 heterocycles. The van der Waals surface area contributed by atoms with E-state index in [0.717, 1.165) is 22.9 Å². The first kappa shape index (κ1) is 15.1. The number of piperidine rings is 1. The molecule has 1 amide bonds. The minimum absolute atomic E-state index is 0.00889. The number of hydrogen-bond acceptors (Lipinski definition) is 4. The van der Waals surface area contributed by atoms with Crippen LogP contribution >= 0.6 is 11.3 Å². The van der Waals surface area contributed by atoms with Crippen molar-refractivity contribution < 1.29 is 13.2 Å². The smallest absolute Gasteiger partial charge is 0.252 e. The summed E-state index contributed by atoms with van der Waals surface area (Å²) in [6, 6.07) is 9.41. The molecule has 0 aliphatic carbocycles. The van der Waals surface area contributed by atoms with E-state index in [4.69, 9.17) is 0 Å². The number of rotatable bonds is 2. The zero-order valence-electron chi connectivity index (χ0n) is 12.8. The third-order valence-electron chi connectivity index (χ3n) is 4.93. The maximum Gasteiger partial charge on any atom is 0.252 e. The lowest BCUT2D eigenvalue weighted by molar-refractivity contribution is -0.138. The fourth-order valence-electron chi connectivity index (χ4n) is 3.53. The van der Waals surface area contributed by atoms with Crippen LogP contribution in [0.5, 0.6) is 0 Å². The molecule has 7 heteroatoms. The molecule has 2 atom stereocenters. The first-order valence-electron chi connectivity index (χ1n) is 7.72. The molecule has 122 valence electrons. The second-order valence-corrected chi connectivity index (χ2v) is 9.55. The van der Waals surface area contributed by atoms with Crippen LogP contribution in [0.15, 0.2) is 34.5 Å². The number of nitrogens with zero attached hydrogens (tertiary/aromatic N) is 2. The van der Waals surface area contributed by atoms with Crippen molar-refractivity contribution in [1.82, 2.24) is 9.21 Å². The van der Waals surface area contributed by atoms with Gasteiger partial charge in [-0.1, -0.05) is 18.2 Å². The fourth-order valence-corrected chi connectivity index (χ4v) is 6.60. The monoisotopic (exact) mass is 350 g/mol. The molecule has 2 aromatic rings. The molecule has 0 N–H and O–H groups in total. The van der Waals surface area contributed by atoms with Crippen molar-refractivity contribution in [2.24, 2.45) is 5.92 Å². The Morgan fingerprint density at radius 2 is 1.96 bits per heavy atom. The third kappa shape index (κ3) is 2.38. The van der Waals surface area contributed by atoms with Crippen LogP contribution in [-0.2, 0) is 14.8 Å². The Hall–Kier alpha value is -1.44. The minimum atomic E-state index is -3.55. The van der Waals surface area contributed by atoms with Crippen molar-refractivity contribution in [3.8, 4) is 0 Å². The van der Waals surface area contributed by atoms with Gasteiger partial charge < -0.3 is 4.90 Å². The molecule has 0 spiro atoms. The fraction of sp³-hybridized carbons (Fsp3) is 0.438. The summed E-state index contributed by atoms with van der Waals surface area (Å²) in [7, 11) is -1.76. The predicted octanol–water partition coefficient (Wildman–Crippen LogP) is 2.14. The second kappa shape index (κ2) is 5.29. The van der Waals surface area contributed by atoms with E-state index >= 15 is 0 Å². The summed E-state index contributed by atoms with van der Waals surface area (Å²) in [6.07, 6.45) is 1.66. The number of carbonyl (C=O) groups is 1. The van der Waals surface area contributed by atoms with Crippen LogP contribution < -0.4 is 0 Å². The number of thiophene rings is 1. The van der Waals surface area contributed by atoms with Gasteiger partial charge in [0.15, 0.2) is 0 Å². The predicted molar refractivity (Wildman–Crippen MR) is 89.9 cm³/mol. The molecule has 3 aliphatic heterocycles. The van der Waals surface area contributed by atoms with Crippen molar-refractivity contribution in [2.45, 2.75) is 23.1 Å². The van der Waals surface area contributed by atoms with E-state index in [0.29, 0.717) is 17.3 Å². The molecule has 5 rings (SSSR count). The number of sulfonamides is 1. The minimum Gasteiger partial charge on any atom is -0.341 e. The molecule has 3 aliphatic rings. The van der Waals surface area contributed by atoms with Gasteiger partial charge in [0.2, 0.25) is 5.91 Å². The number of hydrogen-bond donors (Lipinski definition) is 0. The number of carbonyl (C=O) groups excluding carboxylic acids is 1. The van der Waals surface area contributed by atoms with Crippen molar-refractivity contribution >= 4 is 37.4 Å². The summed E-state index contributed by atoms with van der Waals surface area (Å²) < 4.78 is 29.0. The molecule has 3 fully saturated rings. The highest BCUT2D eigenvalue weighted by atomic mass is 32.2. The van der Waals surface area contributed by atoms with E-state index < -0.39 is 10.0 Å². The van der Waals surface area contributed by atoms with Gasteiger partial charge in [-0.3, -0.25) is 4.79 Å². The third-order valence-corrected chi connectivity index (χ3v) is 8.33. The summed E-state index contributed by atoms with van der Waals surface area (Å²) in [5, 5.41) is 0.946. The van der Waals surface area contributed by atoms with Crippen LogP contribution in [0.3, 0.4) is 0 Å². The Labute approximate surface area is 139 Å². The number of likely N-dealkylation sites (N-methyl/N-ethyl adjacent to an activating group) is 1. The highest BCUT2D eigenvalue weighted by Crippen LogP contribution is 2.35. The largest absolute Gasteiger partial charge is 0.341 e. The molecule has 3 saturated heterocycles. The van der Waals surface area contributed by atoms with E-state index in [-0.39, 0.29) is 17.9 Å². The highest BCUT2D eigenvalue weighted by molar-refractivity contribution is 7.91. The Balaban J connectivity index is 1.72. The van der Waals surface area contributed by atoms with Crippen LogP contribution in [0.1, 0.15) is 12.8 Å². The standard InChI is InChI=1S/C16H18N2O3S2/c1-17-13-7-6-12(16(17)19)9-18(10-13)23(20,21)15-8-11-4-2-3-5-14(11)22-15/h2-5,8,12-13H,6-7,9-10H2,1H3/t12-,13+/m0/s1. The van der Waals surface area contributed by atoms with Gasteiger partial charge in [-0.05, 0) is 30.4 Å². The zero-order valence-corrected chi connectivity index (χ0v) is 14.4. The molecule has 1 aromatic carbocycles. The number of fused-ring (bicyclic) bond motifs is 5. The van der Waals surface area contributed by atoms with Crippen LogP contribution in [-0.4, -0.2) is 49.7 Å². The molecule has 23 heavy (non-hydrogen) atoms. The van der Waals surface area contributed by atoms with Gasteiger partial charge in [-0.25, -0.2) is 8.42 Å². The van der Waals surface area contributed by atoms with Gasteiger partial charge in [-0.15, -0.1) is 11.3 Å². The molecule has 5 nitrogen and oxygen atoms in total. The lowest BCUT2D eigenvalue weighted by Gasteiger charge is -2.32. The molecule has 0 unspecified atom stereocenters. The second-order valence-electron chi connectivity index (χ2n) is 6.30. The molecular weight excluding hydrogens is 332 g/mol. The van der Waals surface area contributed by atoms with E-state index in [1.165, 1.54) is 15.6 Å². The van der Waals surface area contributed by atoms with E-state index in [2.05, 4.69) is 0 Å². The summed E-state index contributed by atoms with van der Waals surface area (Å²) in [5.41, 5.74) is 0. The SMILES string of the molecule is CN1C(=O)[C@H]2CC[C@@H]1CN(S(=O)(=O)c1cc3ccccc3s1)C2. The maximum absolute atomic E-state index is 13.0. The van der Waals surface area contributed by atoms with E-state index in [1.54, 1.807) is 18.0 Å². The quantitative estimate of drug-likeness (QED) is 0.834. The van der Waals surface area contributed by atoms with E-state index in [9.17, 15) is 13.2 Å². The highest BCUT2D eigenvalue weighted by Gasteiger charge is 2.42. The van der Waals surface area contributed by atoms with Gasteiger partial charge in [0.25, 0.3) is 10.0 Å². The number of benzene rings is 1. The van der Waals surface area contributed by atoms with Gasteiger partial charge in [-0.2, -0.15) is 4.31 Å². The first-order chi connectivity index (χ1) is 11.0. The first-order valence-corrected chi connectivity index (χ1v) is 9.98. The summed E-state index contributed by atoms with van der Waals surface area (Å²) in [6.45, 7) is 0.700. The molecule has 2 bridgehead atoms. The zero-order chi connectivity index (χ0) is 16.2. The van der Waals surface area contributed by atoms with Crippen molar-refractivity contribution in [3.05, 3.63) is 30.3 Å². The average molecular weight is 350 g/mol. The lowest BCUT2D eigenvalue weighted by atomic mass is 9.95. The van der Waals surface area contributed by atoms with Crippen LogP contribution in [0.4, 0.5) is 0 Å². The van der Waals surface area contributed by atoms with Crippen LogP contribution in [0.2, 0.25) is 0 Å². The Bertz CT molecular complexity index is 841. The van der Waals surface area contributed by atoms with Crippen molar-refractivity contribution in [2.75, 3.05) is 20.1 Å². The normalized spacial score (nSPS) is 26.0. The van der Waals surface area contributed by atoms with Gasteiger partial charge in [0.1, 0.15) is 4.21 Å². The molecule has 0 saturated carbocycles. The Kier molecular flexibility index (Phi) is 3.48. The average Bonchev–Trinajstić information content (AvgIpc) is 2.80. The van der Waals surface area contributed by atoms with Gasteiger partial charge in [0, 0.05) is 30.9 Å². The Morgan fingerprint density at radius 3 is 2.74 bits per heavy atom. The summed E-state index contributed by atoms with van der Waals surface area (Å²) in [4.78, 5) is 14.0. The van der Waals surface area contributed by atoms with E-state index in [1.807, 2.05) is 24.3 Å². The van der Waals surface area contributed by atoms with Crippen molar-refractivity contribution in [1.29, 1.82) is 0 Å². The summed E-state index contributed by atoms with van der Waals surface area (Å²) in [5.74, 6) is -0.127. The Morgan fingerprint density at radius 1 is 1.17 bits per heavy atom. The molecule has 1 aromatic heterocycles. The molecule has 0 radical (unpaired) electrons. The van der Waals surface area contributed by atoms with Crippen LogP contribution in [0.25, 0.3) is 10.1 Å². The molecular formula is C16H18N2O3S2. The lowest BCUT2D eigenvalue weighted by Crippen LogP contribution is -2.45. The maximum atomic E-state index is 13.0. The topological polar surface area (TPSA) is 57.7 Å². The number of amides is 1. The van der Waals surface area contributed by atoms with Crippen LogP contribution in [0, 0.1) is 5.92 Å². The summed E-state index contributed by atoms with van der Waals surface area (Å²) >= 11 is 1.30. The van der Waals surface area contributed by atoms with Gasteiger partial charge >= 0.3 is 0 Å². The van der Waals surface area contributed by atoms with Gasteiger partial charge in [0.05, 0.1) is 5.92 Å². The van der Waals surface area contributed by atoms with Crippen molar-refractivity contribution in [3.63, 3.8) is 0 Å².